The van der Waals surface area contributed by atoms with Crippen LogP contribution in [-0.4, -0.2) is 31.2 Å². The second-order valence-corrected chi connectivity index (χ2v) is 4.29. The molecule has 3 heteroatoms. The number of likely N-dealkylation sites (N-methyl/N-ethyl adjacent to an activating group) is 1. The Morgan fingerprint density at radius 1 is 1.47 bits per heavy atom. The molecule has 0 radical (unpaired) electrons. The number of hydrogen-bond acceptors (Lipinski definition) is 3. The summed E-state index contributed by atoms with van der Waals surface area (Å²) in [5, 5.41) is 5.30. The van der Waals surface area contributed by atoms with Crippen LogP contribution in [0.15, 0.2) is 36.6 Å². The third-order valence-corrected chi connectivity index (χ3v) is 3.04. The van der Waals surface area contributed by atoms with Crippen molar-refractivity contribution in [1.29, 1.82) is 0 Å². The molecule has 0 aromatic heterocycles. The molecule has 1 atom stereocenters. The minimum Gasteiger partial charge on any atom is -0.390 e. The molecule has 17 heavy (non-hydrogen) atoms. The van der Waals surface area contributed by atoms with Crippen molar-refractivity contribution in [3.05, 3.63) is 36.6 Å². The van der Waals surface area contributed by atoms with Crippen LogP contribution >= 0.6 is 0 Å². The topological polar surface area (TPSA) is 27.3 Å². The Kier molecular flexibility index (Phi) is 6.67. The van der Waals surface area contributed by atoms with Gasteiger partial charge in [-0.15, -0.1) is 0 Å². The highest BCUT2D eigenvalue weighted by molar-refractivity contribution is 5.27. The average molecular weight is 235 g/mol. The first kappa shape index (κ1) is 14.0. The Morgan fingerprint density at radius 3 is 2.88 bits per heavy atom. The minimum absolute atomic E-state index is 0.468. The van der Waals surface area contributed by atoms with Crippen molar-refractivity contribution in [3.63, 3.8) is 0 Å². The normalized spacial score (nSPS) is 16.8. The first-order valence-corrected chi connectivity index (χ1v) is 6.46. The Balaban J connectivity index is 2.40. The molecule has 0 spiro atoms. The van der Waals surface area contributed by atoms with E-state index in [0.29, 0.717) is 6.04 Å². The molecule has 96 valence electrons. The zero-order valence-electron chi connectivity index (χ0n) is 11.1. The number of nitrogens with zero attached hydrogens (tertiary/aromatic N) is 1. The highest BCUT2D eigenvalue weighted by Gasteiger charge is 2.16. The maximum atomic E-state index is 3.63. The van der Waals surface area contributed by atoms with Crippen LogP contribution in [0.1, 0.15) is 26.2 Å². The van der Waals surface area contributed by atoms with Gasteiger partial charge in [0.05, 0.1) is 0 Å². The van der Waals surface area contributed by atoms with Gasteiger partial charge in [0.2, 0.25) is 0 Å². The monoisotopic (exact) mass is 235 g/mol. The maximum Gasteiger partial charge on any atom is 0.0483 e. The molecule has 0 fully saturated rings. The van der Waals surface area contributed by atoms with Gasteiger partial charge in [0.25, 0.3) is 0 Å². The third kappa shape index (κ3) is 4.75. The SMILES string of the molecule is C=CNCCNN(C)[C@@H](CC)C1=CCCC=C1. The molecular formula is C14H25N3. The van der Waals surface area contributed by atoms with Crippen molar-refractivity contribution in [2.75, 3.05) is 20.1 Å². The Bertz CT molecular complexity index is 281. The molecule has 1 aliphatic rings. The third-order valence-electron chi connectivity index (χ3n) is 3.04. The van der Waals surface area contributed by atoms with E-state index in [0.717, 1.165) is 19.5 Å². The predicted molar refractivity (Wildman–Crippen MR) is 74.5 cm³/mol. The van der Waals surface area contributed by atoms with Crippen LogP contribution in [-0.2, 0) is 0 Å². The van der Waals surface area contributed by atoms with E-state index in [-0.39, 0.29) is 0 Å². The zero-order valence-corrected chi connectivity index (χ0v) is 11.1. The molecule has 0 aliphatic heterocycles. The van der Waals surface area contributed by atoms with Crippen molar-refractivity contribution in [2.45, 2.75) is 32.2 Å². The van der Waals surface area contributed by atoms with Crippen molar-refractivity contribution < 1.29 is 0 Å². The van der Waals surface area contributed by atoms with Crippen molar-refractivity contribution in [2.24, 2.45) is 0 Å². The van der Waals surface area contributed by atoms with Crippen LogP contribution in [0.3, 0.4) is 0 Å². The van der Waals surface area contributed by atoms with Crippen molar-refractivity contribution >= 4 is 0 Å². The Labute approximate surface area is 105 Å². The number of hydrazine groups is 1. The lowest BCUT2D eigenvalue weighted by Gasteiger charge is -2.29. The van der Waals surface area contributed by atoms with Gasteiger partial charge in [-0.05, 0) is 31.0 Å². The van der Waals surface area contributed by atoms with Crippen molar-refractivity contribution in [3.8, 4) is 0 Å². The molecule has 0 heterocycles. The van der Waals surface area contributed by atoms with Gasteiger partial charge in [-0.25, -0.2) is 5.01 Å². The highest BCUT2D eigenvalue weighted by atomic mass is 15.5. The van der Waals surface area contributed by atoms with Gasteiger partial charge in [-0.2, -0.15) is 0 Å². The summed E-state index contributed by atoms with van der Waals surface area (Å²) in [6.07, 6.45) is 12.1. The Morgan fingerprint density at radius 2 is 2.29 bits per heavy atom. The molecule has 0 aromatic rings. The van der Waals surface area contributed by atoms with Crippen LogP contribution in [0.5, 0.6) is 0 Å². The summed E-state index contributed by atoms with van der Waals surface area (Å²) in [6.45, 7) is 7.68. The van der Waals surface area contributed by atoms with E-state index < -0.39 is 0 Å². The second-order valence-electron chi connectivity index (χ2n) is 4.29. The average Bonchev–Trinajstić information content (AvgIpc) is 2.37. The van der Waals surface area contributed by atoms with Gasteiger partial charge in [0.15, 0.2) is 0 Å². The van der Waals surface area contributed by atoms with Crippen LogP contribution in [0.4, 0.5) is 0 Å². The minimum atomic E-state index is 0.468. The van der Waals surface area contributed by atoms with E-state index >= 15 is 0 Å². The van der Waals surface area contributed by atoms with E-state index in [1.807, 2.05) is 0 Å². The van der Waals surface area contributed by atoms with Crippen molar-refractivity contribution in [1.82, 2.24) is 15.8 Å². The summed E-state index contributed by atoms with van der Waals surface area (Å²) < 4.78 is 0. The lowest BCUT2D eigenvalue weighted by atomic mass is 9.98. The standard InChI is InChI=1S/C14H25N3/c1-4-14(13-9-7-6-8-10-13)17(3)16-12-11-15-5-2/h5,7,9-10,14-16H,2,4,6,8,11-12H2,1,3H3/t14-/m0/s1. The molecule has 2 N–H and O–H groups in total. The lowest BCUT2D eigenvalue weighted by molar-refractivity contribution is 0.185. The molecule has 1 aliphatic carbocycles. The first-order chi connectivity index (χ1) is 8.29. The maximum absolute atomic E-state index is 3.63. The quantitative estimate of drug-likeness (QED) is 0.499. The lowest BCUT2D eigenvalue weighted by Crippen LogP contribution is -2.45. The molecule has 0 unspecified atom stereocenters. The van der Waals surface area contributed by atoms with Gasteiger partial charge in [0, 0.05) is 26.2 Å². The molecule has 1 rings (SSSR count). The molecular weight excluding hydrogens is 210 g/mol. The van der Waals surface area contributed by atoms with E-state index in [9.17, 15) is 0 Å². The van der Waals surface area contributed by atoms with Crippen LogP contribution in [0.2, 0.25) is 0 Å². The molecule has 0 saturated carbocycles. The number of rotatable bonds is 8. The van der Waals surface area contributed by atoms with Crippen LogP contribution in [0.25, 0.3) is 0 Å². The summed E-state index contributed by atoms with van der Waals surface area (Å²) in [6, 6.07) is 0.468. The fourth-order valence-corrected chi connectivity index (χ4v) is 2.13. The fraction of sp³-hybridized carbons (Fsp3) is 0.571. The van der Waals surface area contributed by atoms with Crippen LogP contribution in [0, 0.1) is 0 Å². The molecule has 0 saturated heterocycles. The molecule has 0 bridgehead atoms. The number of nitrogens with one attached hydrogen (secondary N) is 2. The van der Waals surface area contributed by atoms with Gasteiger partial charge in [0.1, 0.15) is 0 Å². The van der Waals surface area contributed by atoms with E-state index in [4.69, 9.17) is 0 Å². The largest absolute Gasteiger partial charge is 0.390 e. The summed E-state index contributed by atoms with van der Waals surface area (Å²) in [4.78, 5) is 0. The van der Waals surface area contributed by atoms with Gasteiger partial charge in [-0.3, -0.25) is 5.43 Å². The van der Waals surface area contributed by atoms with Gasteiger partial charge < -0.3 is 5.32 Å². The van der Waals surface area contributed by atoms with Crippen LogP contribution < -0.4 is 10.7 Å². The zero-order chi connectivity index (χ0) is 12.5. The van der Waals surface area contributed by atoms with E-state index in [1.165, 1.54) is 18.4 Å². The molecule has 0 amide bonds. The summed E-state index contributed by atoms with van der Waals surface area (Å²) in [5.41, 5.74) is 4.85. The van der Waals surface area contributed by atoms with Gasteiger partial charge in [-0.1, -0.05) is 31.7 Å². The number of hydrogen-bond donors (Lipinski definition) is 2. The van der Waals surface area contributed by atoms with E-state index in [2.05, 4.69) is 54.5 Å². The Hall–Kier alpha value is -1.06. The predicted octanol–water partition coefficient (Wildman–Crippen LogP) is 2.21. The molecule has 3 nitrogen and oxygen atoms in total. The fourth-order valence-electron chi connectivity index (χ4n) is 2.13. The highest BCUT2D eigenvalue weighted by Crippen LogP contribution is 2.18. The smallest absolute Gasteiger partial charge is 0.0483 e. The van der Waals surface area contributed by atoms with Gasteiger partial charge >= 0.3 is 0 Å². The summed E-state index contributed by atoms with van der Waals surface area (Å²) >= 11 is 0. The number of allylic oxidation sites excluding steroid dienone is 2. The molecule has 0 aromatic carbocycles. The van der Waals surface area contributed by atoms with E-state index in [1.54, 1.807) is 6.20 Å². The first-order valence-electron chi connectivity index (χ1n) is 6.46. The summed E-state index contributed by atoms with van der Waals surface area (Å²) in [5.74, 6) is 0. The second kappa shape index (κ2) is 8.09. The summed E-state index contributed by atoms with van der Waals surface area (Å²) in [7, 11) is 2.12.